The van der Waals surface area contributed by atoms with E-state index in [-0.39, 0.29) is 6.10 Å². The summed E-state index contributed by atoms with van der Waals surface area (Å²) >= 11 is 5.34. The van der Waals surface area contributed by atoms with Crippen molar-refractivity contribution in [2.75, 3.05) is 0 Å². The van der Waals surface area contributed by atoms with Crippen molar-refractivity contribution in [3.05, 3.63) is 64.1 Å². The van der Waals surface area contributed by atoms with Crippen molar-refractivity contribution in [2.24, 2.45) is 0 Å². The fourth-order valence-corrected chi connectivity index (χ4v) is 3.43. The zero-order valence-electron chi connectivity index (χ0n) is 13.5. The van der Waals surface area contributed by atoms with Gasteiger partial charge in [0.25, 0.3) is 0 Å². The van der Waals surface area contributed by atoms with E-state index in [4.69, 9.17) is 21.4 Å². The molecule has 0 spiro atoms. The molecule has 1 atom stereocenters. The van der Waals surface area contributed by atoms with Gasteiger partial charge in [-0.15, -0.1) is 0 Å². The van der Waals surface area contributed by atoms with Crippen LogP contribution in [-0.4, -0.2) is 14.8 Å². The minimum atomic E-state index is -0.215. The summed E-state index contributed by atoms with van der Waals surface area (Å²) in [6, 6.07) is 10.1. The summed E-state index contributed by atoms with van der Waals surface area (Å²) in [5.41, 5.74) is 2.84. The second-order valence-electron chi connectivity index (χ2n) is 6.10. The van der Waals surface area contributed by atoms with Crippen molar-refractivity contribution in [1.82, 2.24) is 14.8 Å². The summed E-state index contributed by atoms with van der Waals surface area (Å²) in [5, 5.41) is 7.20. The van der Waals surface area contributed by atoms with E-state index >= 15 is 0 Å². The van der Waals surface area contributed by atoms with Crippen molar-refractivity contribution in [3.8, 4) is 5.75 Å². The summed E-state index contributed by atoms with van der Waals surface area (Å²) < 4.78 is 14.0. The highest BCUT2D eigenvalue weighted by Crippen LogP contribution is 2.28. The highest BCUT2D eigenvalue weighted by atomic mass is 32.1. The number of nitrogens with zero attached hydrogens (tertiary/aromatic N) is 2. The molecule has 1 aliphatic rings. The summed E-state index contributed by atoms with van der Waals surface area (Å²) in [6.45, 7) is 2.52. The molecular formula is C18H19N3O2S. The van der Waals surface area contributed by atoms with Crippen molar-refractivity contribution < 1.29 is 9.15 Å². The van der Waals surface area contributed by atoms with Gasteiger partial charge in [-0.2, -0.15) is 5.10 Å². The van der Waals surface area contributed by atoms with Crippen LogP contribution in [0.2, 0.25) is 0 Å². The molecule has 1 aliphatic carbocycles. The summed E-state index contributed by atoms with van der Waals surface area (Å²) in [4.78, 5) is 0. The maximum atomic E-state index is 6.12. The molecule has 0 saturated carbocycles. The molecule has 3 aromatic rings. The zero-order chi connectivity index (χ0) is 16.5. The number of aryl methyl sites for hydroxylation is 2. The first kappa shape index (κ1) is 15.2. The molecule has 24 heavy (non-hydrogen) atoms. The number of fused-ring (bicyclic) bond motifs is 1. The number of nitrogens with one attached hydrogen (secondary N) is 1. The molecule has 5 nitrogen and oxygen atoms in total. The molecule has 0 saturated heterocycles. The molecular weight excluding hydrogens is 322 g/mol. The average Bonchev–Trinajstić information content (AvgIpc) is 3.30. The Balaban J connectivity index is 1.56. The molecule has 124 valence electrons. The Labute approximate surface area is 145 Å². The highest BCUT2D eigenvalue weighted by Gasteiger charge is 2.18. The van der Waals surface area contributed by atoms with Gasteiger partial charge in [-0.1, -0.05) is 6.07 Å². The second kappa shape index (κ2) is 6.28. The van der Waals surface area contributed by atoms with E-state index in [2.05, 4.69) is 22.3 Å². The smallest absolute Gasteiger partial charge is 0.195 e. The van der Waals surface area contributed by atoms with Gasteiger partial charge in [0.15, 0.2) is 16.7 Å². The first-order valence-corrected chi connectivity index (χ1v) is 8.57. The number of hydrogen-bond donors (Lipinski definition) is 1. The Kier molecular flexibility index (Phi) is 3.98. The van der Waals surface area contributed by atoms with E-state index in [0.717, 1.165) is 23.8 Å². The molecule has 6 heteroatoms. The molecule has 0 amide bonds. The van der Waals surface area contributed by atoms with Crippen LogP contribution in [0, 0.1) is 4.77 Å². The molecule has 2 heterocycles. The first-order chi connectivity index (χ1) is 11.7. The molecule has 1 unspecified atom stereocenters. The van der Waals surface area contributed by atoms with Gasteiger partial charge >= 0.3 is 0 Å². The topological polar surface area (TPSA) is 56.0 Å². The lowest BCUT2D eigenvalue weighted by atomic mass is 10.1. The fraction of sp³-hybridized carbons (Fsp3) is 0.333. The third-order valence-corrected chi connectivity index (χ3v) is 4.74. The van der Waals surface area contributed by atoms with Crippen LogP contribution in [0.1, 0.15) is 42.2 Å². The van der Waals surface area contributed by atoms with Gasteiger partial charge < -0.3 is 9.15 Å². The van der Waals surface area contributed by atoms with Gasteiger partial charge in [0.2, 0.25) is 0 Å². The molecule has 0 bridgehead atoms. The Morgan fingerprint density at radius 2 is 2.21 bits per heavy atom. The number of aromatic nitrogens is 3. The van der Waals surface area contributed by atoms with Gasteiger partial charge in [-0.05, 0) is 73.8 Å². The summed E-state index contributed by atoms with van der Waals surface area (Å²) in [7, 11) is 0. The highest BCUT2D eigenvalue weighted by molar-refractivity contribution is 7.71. The quantitative estimate of drug-likeness (QED) is 0.706. The Morgan fingerprint density at radius 1 is 1.33 bits per heavy atom. The molecule has 1 N–H and O–H groups in total. The molecule has 0 aliphatic heterocycles. The average molecular weight is 341 g/mol. The lowest BCUT2D eigenvalue weighted by molar-refractivity contribution is 0.210. The van der Waals surface area contributed by atoms with E-state index in [9.17, 15) is 0 Å². The van der Waals surface area contributed by atoms with Crippen LogP contribution in [0.5, 0.6) is 5.75 Å². The van der Waals surface area contributed by atoms with Crippen LogP contribution in [0.4, 0.5) is 0 Å². The Hall–Kier alpha value is -2.34. The van der Waals surface area contributed by atoms with Gasteiger partial charge in [0.05, 0.1) is 12.8 Å². The van der Waals surface area contributed by atoms with Gasteiger partial charge in [-0.25, -0.2) is 0 Å². The van der Waals surface area contributed by atoms with Crippen LogP contribution in [0.3, 0.4) is 0 Å². The molecule has 1 aromatic carbocycles. The number of aromatic amines is 1. The predicted molar refractivity (Wildman–Crippen MR) is 92.7 cm³/mol. The van der Waals surface area contributed by atoms with Crippen LogP contribution in [0.25, 0.3) is 0 Å². The second-order valence-corrected chi connectivity index (χ2v) is 6.48. The SMILES string of the molecule is CC(Oc1ccc2c(c1)CCC2)c1n[nH]c(=S)n1Cc1ccco1. The van der Waals surface area contributed by atoms with Crippen LogP contribution in [-0.2, 0) is 19.4 Å². The molecule has 0 radical (unpaired) electrons. The van der Waals surface area contributed by atoms with Crippen LogP contribution >= 0.6 is 12.2 Å². The van der Waals surface area contributed by atoms with Gasteiger partial charge in [0.1, 0.15) is 11.5 Å². The van der Waals surface area contributed by atoms with Crippen LogP contribution in [0.15, 0.2) is 41.0 Å². The van der Waals surface area contributed by atoms with Crippen molar-refractivity contribution in [1.29, 1.82) is 0 Å². The third-order valence-electron chi connectivity index (χ3n) is 4.43. The van der Waals surface area contributed by atoms with Crippen molar-refractivity contribution in [2.45, 2.75) is 38.8 Å². The molecule has 4 rings (SSSR count). The van der Waals surface area contributed by atoms with E-state index in [1.54, 1.807) is 6.26 Å². The number of H-pyrrole nitrogens is 1. The standard InChI is InChI=1S/C18H19N3O2S/c1-12(23-15-8-7-13-4-2-5-14(13)10-15)17-19-20-18(24)21(17)11-16-6-3-9-22-16/h3,6-10,12H,2,4-5,11H2,1H3,(H,20,24). The monoisotopic (exact) mass is 341 g/mol. The maximum Gasteiger partial charge on any atom is 0.195 e. The van der Waals surface area contributed by atoms with Crippen LogP contribution < -0.4 is 4.74 Å². The summed E-state index contributed by atoms with van der Waals surface area (Å²) in [6.07, 6.45) is 4.98. The fourth-order valence-electron chi connectivity index (χ4n) is 3.23. The minimum Gasteiger partial charge on any atom is -0.483 e. The predicted octanol–water partition coefficient (Wildman–Crippen LogP) is 4.21. The summed E-state index contributed by atoms with van der Waals surface area (Å²) in [5.74, 6) is 2.47. The molecule has 0 fully saturated rings. The lowest BCUT2D eigenvalue weighted by Crippen LogP contribution is -2.12. The normalized spacial score (nSPS) is 14.5. The van der Waals surface area contributed by atoms with Crippen molar-refractivity contribution >= 4 is 12.2 Å². The van der Waals surface area contributed by atoms with E-state index in [0.29, 0.717) is 11.3 Å². The maximum absolute atomic E-state index is 6.12. The van der Waals surface area contributed by atoms with Gasteiger partial charge in [-0.3, -0.25) is 9.67 Å². The lowest BCUT2D eigenvalue weighted by Gasteiger charge is -2.16. The third kappa shape index (κ3) is 2.89. The Morgan fingerprint density at radius 3 is 3.04 bits per heavy atom. The number of furan rings is 1. The van der Waals surface area contributed by atoms with E-state index in [1.807, 2.05) is 29.7 Å². The number of hydrogen-bond acceptors (Lipinski definition) is 4. The van der Waals surface area contributed by atoms with Gasteiger partial charge in [0, 0.05) is 0 Å². The largest absolute Gasteiger partial charge is 0.483 e. The number of benzene rings is 1. The Bertz CT molecular complexity index is 895. The zero-order valence-corrected chi connectivity index (χ0v) is 14.3. The first-order valence-electron chi connectivity index (χ1n) is 8.16. The minimum absolute atomic E-state index is 0.215. The number of ether oxygens (including phenoxy) is 1. The van der Waals surface area contributed by atoms with E-state index in [1.165, 1.54) is 24.0 Å². The number of rotatable bonds is 5. The van der Waals surface area contributed by atoms with E-state index < -0.39 is 0 Å². The van der Waals surface area contributed by atoms with Crippen molar-refractivity contribution in [3.63, 3.8) is 0 Å². The molecule has 2 aromatic heterocycles.